The summed E-state index contributed by atoms with van der Waals surface area (Å²) < 4.78 is 5.48. The molecule has 5 heteroatoms. The van der Waals surface area contributed by atoms with Crippen LogP contribution in [0.5, 0.6) is 0 Å². The summed E-state index contributed by atoms with van der Waals surface area (Å²) >= 11 is 0. The number of aromatic nitrogens is 2. The van der Waals surface area contributed by atoms with Gasteiger partial charge in [0.25, 0.3) is 0 Å². The van der Waals surface area contributed by atoms with Gasteiger partial charge in [0.15, 0.2) is 5.58 Å². The van der Waals surface area contributed by atoms with Crippen molar-refractivity contribution < 1.29 is 4.52 Å². The van der Waals surface area contributed by atoms with Crippen LogP contribution in [0.3, 0.4) is 0 Å². The number of rotatable bonds is 5. The van der Waals surface area contributed by atoms with E-state index in [4.69, 9.17) is 10.3 Å². The van der Waals surface area contributed by atoms with Crippen molar-refractivity contribution in [1.29, 1.82) is 0 Å². The van der Waals surface area contributed by atoms with Crippen LogP contribution >= 0.6 is 12.4 Å². The van der Waals surface area contributed by atoms with E-state index in [1.807, 2.05) is 54.6 Å². The number of aryl methyl sites for hydroxylation is 1. The number of hydrogen-bond acceptors (Lipinski definition) is 4. The Labute approximate surface area is 164 Å². The zero-order valence-electron chi connectivity index (χ0n) is 15.1. The van der Waals surface area contributed by atoms with E-state index in [1.165, 1.54) is 0 Å². The molecule has 0 spiro atoms. The zero-order chi connectivity index (χ0) is 17.9. The van der Waals surface area contributed by atoms with Crippen LogP contribution in [0.1, 0.15) is 29.9 Å². The molecule has 0 aliphatic rings. The second kappa shape index (κ2) is 8.33. The highest BCUT2D eigenvalue weighted by Gasteiger charge is 2.18. The van der Waals surface area contributed by atoms with Gasteiger partial charge < -0.3 is 10.3 Å². The van der Waals surface area contributed by atoms with Gasteiger partial charge in [0.2, 0.25) is 0 Å². The molecule has 4 rings (SSSR count). The van der Waals surface area contributed by atoms with Gasteiger partial charge in [-0.25, -0.2) is 0 Å². The van der Waals surface area contributed by atoms with Crippen molar-refractivity contribution in [1.82, 2.24) is 10.1 Å². The smallest absolute Gasteiger partial charge is 0.167 e. The maximum Gasteiger partial charge on any atom is 0.167 e. The van der Waals surface area contributed by atoms with E-state index in [9.17, 15) is 0 Å². The Balaban J connectivity index is 0.00000210. The summed E-state index contributed by atoms with van der Waals surface area (Å²) in [6.45, 7) is 2.11. The molecule has 2 aromatic heterocycles. The Hall–Kier alpha value is -2.69. The van der Waals surface area contributed by atoms with Crippen molar-refractivity contribution >= 4 is 23.4 Å². The normalized spacial score (nSPS) is 11.9. The van der Waals surface area contributed by atoms with E-state index in [-0.39, 0.29) is 18.4 Å². The van der Waals surface area contributed by atoms with Crippen molar-refractivity contribution in [3.63, 3.8) is 0 Å². The standard InChI is InChI=1S/C22H21N3O.ClH/c1-2-15-8-7-9-16(24-15)14-20(23)17-10-3-4-11-18(17)22-19-12-5-6-13-21(19)26-25-22;/h3-13,20H,2,14,23H2,1H3;1H/t20-;/m0./s1. The zero-order valence-corrected chi connectivity index (χ0v) is 15.9. The maximum atomic E-state index is 6.57. The molecule has 4 aromatic rings. The number of nitrogens with two attached hydrogens (primary N) is 1. The second-order valence-corrected chi connectivity index (χ2v) is 6.40. The molecule has 2 N–H and O–H groups in total. The Morgan fingerprint density at radius 3 is 2.52 bits per heavy atom. The molecule has 0 bridgehead atoms. The molecule has 0 aliphatic carbocycles. The summed E-state index contributed by atoms with van der Waals surface area (Å²) in [6.07, 6.45) is 1.60. The average Bonchev–Trinajstić information content (AvgIpc) is 3.12. The van der Waals surface area contributed by atoms with E-state index >= 15 is 0 Å². The van der Waals surface area contributed by atoms with Gasteiger partial charge in [-0.1, -0.05) is 54.5 Å². The predicted molar refractivity (Wildman–Crippen MR) is 111 cm³/mol. The summed E-state index contributed by atoms with van der Waals surface area (Å²) in [4.78, 5) is 4.68. The van der Waals surface area contributed by atoms with Crippen LogP contribution in [0.25, 0.3) is 22.2 Å². The molecule has 0 fully saturated rings. The van der Waals surface area contributed by atoms with E-state index in [1.54, 1.807) is 0 Å². The molecule has 0 saturated carbocycles. The quantitative estimate of drug-likeness (QED) is 0.522. The molecule has 0 aliphatic heterocycles. The molecular weight excluding hydrogens is 358 g/mol. The van der Waals surface area contributed by atoms with Crippen molar-refractivity contribution in [3.05, 3.63) is 83.7 Å². The molecule has 0 saturated heterocycles. The first-order valence-corrected chi connectivity index (χ1v) is 8.90. The van der Waals surface area contributed by atoms with E-state index in [0.29, 0.717) is 6.42 Å². The van der Waals surface area contributed by atoms with Crippen molar-refractivity contribution in [2.24, 2.45) is 5.73 Å². The van der Waals surface area contributed by atoms with Gasteiger partial charge in [0.05, 0.1) is 0 Å². The monoisotopic (exact) mass is 379 g/mol. The SMILES string of the molecule is CCc1cccc(C[C@H](N)c2ccccc2-c2noc3ccccc23)n1.Cl. The minimum absolute atomic E-state index is 0. The molecule has 1 atom stereocenters. The first-order valence-electron chi connectivity index (χ1n) is 8.90. The van der Waals surface area contributed by atoms with Crippen molar-refractivity contribution in [2.75, 3.05) is 0 Å². The lowest BCUT2D eigenvalue weighted by molar-refractivity contribution is 0.459. The number of halogens is 1. The Morgan fingerprint density at radius 1 is 0.926 bits per heavy atom. The van der Waals surface area contributed by atoms with Gasteiger partial charge >= 0.3 is 0 Å². The van der Waals surface area contributed by atoms with Crippen LogP contribution in [-0.2, 0) is 12.8 Å². The number of benzene rings is 2. The van der Waals surface area contributed by atoms with E-state index in [2.05, 4.69) is 29.2 Å². The third kappa shape index (κ3) is 3.87. The topological polar surface area (TPSA) is 64.9 Å². The lowest BCUT2D eigenvalue weighted by Gasteiger charge is -2.15. The number of nitrogens with zero attached hydrogens (tertiary/aromatic N) is 2. The molecule has 0 amide bonds. The molecule has 2 heterocycles. The predicted octanol–water partition coefficient (Wildman–Crippen LogP) is 5.12. The van der Waals surface area contributed by atoms with Crippen molar-refractivity contribution in [3.8, 4) is 11.3 Å². The van der Waals surface area contributed by atoms with Gasteiger partial charge in [-0.2, -0.15) is 0 Å². The summed E-state index contributed by atoms with van der Waals surface area (Å²) in [6, 6.07) is 22.0. The molecule has 4 nitrogen and oxygen atoms in total. The maximum absolute atomic E-state index is 6.57. The first kappa shape index (κ1) is 19.1. The summed E-state index contributed by atoms with van der Waals surface area (Å²) in [7, 11) is 0. The van der Waals surface area contributed by atoms with Crippen LogP contribution in [0, 0.1) is 0 Å². The summed E-state index contributed by atoms with van der Waals surface area (Å²) in [5, 5.41) is 5.30. The molecular formula is C22H22ClN3O. The van der Waals surface area contributed by atoms with Gasteiger partial charge in [0, 0.05) is 34.8 Å². The summed E-state index contributed by atoms with van der Waals surface area (Å²) in [5.74, 6) is 0. The van der Waals surface area contributed by atoms with Crippen LogP contribution in [0.2, 0.25) is 0 Å². The van der Waals surface area contributed by atoms with Crippen LogP contribution < -0.4 is 5.73 Å². The Kier molecular flexibility index (Phi) is 5.89. The van der Waals surface area contributed by atoms with Crippen molar-refractivity contribution in [2.45, 2.75) is 25.8 Å². The fraction of sp³-hybridized carbons (Fsp3) is 0.182. The lowest BCUT2D eigenvalue weighted by Crippen LogP contribution is -2.15. The minimum atomic E-state index is -0.165. The summed E-state index contributed by atoms with van der Waals surface area (Å²) in [5.41, 5.74) is 12.3. The third-order valence-corrected chi connectivity index (χ3v) is 4.65. The van der Waals surface area contributed by atoms with Gasteiger partial charge in [0.1, 0.15) is 5.69 Å². The fourth-order valence-electron chi connectivity index (χ4n) is 3.29. The first-order chi connectivity index (χ1) is 12.8. The number of para-hydroxylation sites is 1. The largest absolute Gasteiger partial charge is 0.356 e. The molecule has 2 aromatic carbocycles. The highest BCUT2D eigenvalue weighted by molar-refractivity contribution is 5.92. The van der Waals surface area contributed by atoms with Gasteiger partial charge in [-0.05, 0) is 36.2 Å². The average molecular weight is 380 g/mol. The van der Waals surface area contributed by atoms with E-state index < -0.39 is 0 Å². The number of pyridine rings is 1. The minimum Gasteiger partial charge on any atom is -0.356 e. The van der Waals surface area contributed by atoms with Crippen LogP contribution in [-0.4, -0.2) is 10.1 Å². The lowest BCUT2D eigenvalue weighted by atomic mass is 9.94. The second-order valence-electron chi connectivity index (χ2n) is 6.40. The highest BCUT2D eigenvalue weighted by Crippen LogP contribution is 2.33. The molecule has 138 valence electrons. The molecule has 0 unspecified atom stereocenters. The number of hydrogen-bond donors (Lipinski definition) is 1. The van der Waals surface area contributed by atoms with Crippen LogP contribution in [0.15, 0.2) is 71.3 Å². The number of fused-ring (bicyclic) bond motifs is 1. The third-order valence-electron chi connectivity index (χ3n) is 4.65. The van der Waals surface area contributed by atoms with Gasteiger partial charge in [-0.15, -0.1) is 12.4 Å². The Bertz CT molecular complexity index is 1040. The molecule has 0 radical (unpaired) electrons. The van der Waals surface area contributed by atoms with E-state index in [0.717, 1.165) is 45.6 Å². The Morgan fingerprint density at radius 2 is 1.67 bits per heavy atom. The van der Waals surface area contributed by atoms with Gasteiger partial charge in [-0.3, -0.25) is 4.98 Å². The highest BCUT2D eigenvalue weighted by atomic mass is 35.5. The molecule has 27 heavy (non-hydrogen) atoms. The van der Waals surface area contributed by atoms with Crippen LogP contribution in [0.4, 0.5) is 0 Å². The fourth-order valence-corrected chi connectivity index (χ4v) is 3.29.